The summed E-state index contributed by atoms with van der Waals surface area (Å²) >= 11 is 0. The van der Waals surface area contributed by atoms with E-state index in [0.717, 1.165) is 12.0 Å². The number of phenolic OH excluding ortho intramolecular Hbond substituents is 1. The first-order valence-corrected chi connectivity index (χ1v) is 10.2. The van der Waals surface area contributed by atoms with Gasteiger partial charge >= 0.3 is 0 Å². The van der Waals surface area contributed by atoms with Gasteiger partial charge in [0, 0.05) is 39.4 Å². The number of pyridine rings is 1. The van der Waals surface area contributed by atoms with E-state index in [2.05, 4.69) is 0 Å². The number of ether oxygens (including phenoxy) is 1. The molecule has 162 valence electrons. The minimum absolute atomic E-state index is 0.119. The van der Waals surface area contributed by atoms with Gasteiger partial charge in [-0.05, 0) is 42.2 Å². The fraction of sp³-hybridized carbons (Fsp3) is 0.348. The summed E-state index contributed by atoms with van der Waals surface area (Å²) in [6, 6.07) is 4.52. The van der Waals surface area contributed by atoms with Gasteiger partial charge in [0.15, 0.2) is 0 Å². The number of carbonyl (C=O) groups excluding carboxylic acids is 2. The van der Waals surface area contributed by atoms with E-state index >= 15 is 0 Å². The minimum Gasteiger partial charge on any atom is -0.507 e. The van der Waals surface area contributed by atoms with Crippen molar-refractivity contribution in [1.82, 2.24) is 14.4 Å². The maximum Gasteiger partial charge on any atom is 0.263 e. The van der Waals surface area contributed by atoms with Gasteiger partial charge in [0.25, 0.3) is 17.4 Å². The van der Waals surface area contributed by atoms with Crippen molar-refractivity contribution in [2.75, 3.05) is 26.7 Å². The maximum absolute atomic E-state index is 13.1. The van der Waals surface area contributed by atoms with Gasteiger partial charge < -0.3 is 24.2 Å². The normalized spacial score (nSPS) is 15.5. The van der Waals surface area contributed by atoms with Crippen LogP contribution < -0.4 is 10.3 Å². The van der Waals surface area contributed by atoms with E-state index in [1.54, 1.807) is 29.1 Å². The SMILES string of the molecule is COc1ccc(O)c(C(=O)N2CCc3c(cn(C)c(=O)c3C(=O)N3CC=CCC3)C2)c1. The Kier molecular flexibility index (Phi) is 5.54. The number of benzene rings is 1. The molecule has 3 heterocycles. The first kappa shape index (κ1) is 20.7. The van der Waals surface area contributed by atoms with Crippen molar-refractivity contribution in [1.29, 1.82) is 0 Å². The predicted octanol–water partition coefficient (Wildman–Crippen LogP) is 1.70. The summed E-state index contributed by atoms with van der Waals surface area (Å²) in [6.07, 6.45) is 6.82. The molecule has 2 aromatic rings. The van der Waals surface area contributed by atoms with Crippen LogP contribution >= 0.6 is 0 Å². The predicted molar refractivity (Wildman–Crippen MR) is 114 cm³/mol. The standard InChI is InChI=1S/C23H25N3O5/c1-24-13-15-14-26(21(28)18-12-16(31-2)6-7-19(18)27)11-8-17(15)20(22(24)29)23(30)25-9-4-3-5-10-25/h3-4,6-7,12-13,27H,5,8-11,14H2,1-2H3. The molecule has 0 saturated carbocycles. The number of rotatable bonds is 3. The van der Waals surface area contributed by atoms with Crippen LogP contribution in [0.2, 0.25) is 0 Å². The summed E-state index contributed by atoms with van der Waals surface area (Å²) in [5.41, 5.74) is 1.51. The second-order valence-electron chi connectivity index (χ2n) is 7.79. The Morgan fingerprint density at radius 1 is 1.10 bits per heavy atom. The van der Waals surface area contributed by atoms with Crippen LogP contribution in [-0.4, -0.2) is 58.0 Å². The molecule has 0 saturated heterocycles. The van der Waals surface area contributed by atoms with E-state index in [1.165, 1.54) is 23.8 Å². The van der Waals surface area contributed by atoms with Crippen LogP contribution in [0.5, 0.6) is 11.5 Å². The molecule has 0 aliphatic carbocycles. The molecule has 0 spiro atoms. The highest BCUT2D eigenvalue weighted by molar-refractivity contribution is 5.98. The largest absolute Gasteiger partial charge is 0.507 e. The topological polar surface area (TPSA) is 92.1 Å². The van der Waals surface area contributed by atoms with Crippen molar-refractivity contribution >= 4 is 11.8 Å². The number of carbonyl (C=O) groups is 2. The van der Waals surface area contributed by atoms with Crippen molar-refractivity contribution in [2.45, 2.75) is 19.4 Å². The van der Waals surface area contributed by atoms with Gasteiger partial charge in [-0.15, -0.1) is 0 Å². The first-order chi connectivity index (χ1) is 14.9. The fourth-order valence-corrected chi connectivity index (χ4v) is 4.15. The van der Waals surface area contributed by atoms with Crippen molar-refractivity contribution in [3.05, 3.63) is 69.2 Å². The lowest BCUT2D eigenvalue weighted by atomic mass is 9.95. The average molecular weight is 423 g/mol. The van der Waals surface area contributed by atoms with Crippen LogP contribution in [0.4, 0.5) is 0 Å². The summed E-state index contributed by atoms with van der Waals surface area (Å²) in [4.78, 5) is 42.4. The summed E-state index contributed by atoms with van der Waals surface area (Å²) < 4.78 is 6.57. The molecule has 8 nitrogen and oxygen atoms in total. The van der Waals surface area contributed by atoms with E-state index < -0.39 is 0 Å². The summed E-state index contributed by atoms with van der Waals surface area (Å²) in [5.74, 6) is -0.229. The molecule has 2 aliphatic heterocycles. The quantitative estimate of drug-likeness (QED) is 0.759. The van der Waals surface area contributed by atoms with Gasteiger partial charge in [0.2, 0.25) is 0 Å². The number of aryl methyl sites for hydroxylation is 1. The molecule has 4 rings (SSSR count). The maximum atomic E-state index is 13.1. The van der Waals surface area contributed by atoms with E-state index in [0.29, 0.717) is 37.4 Å². The monoisotopic (exact) mass is 423 g/mol. The molecular weight excluding hydrogens is 398 g/mol. The van der Waals surface area contributed by atoms with Crippen LogP contribution in [0.3, 0.4) is 0 Å². The number of amides is 2. The third kappa shape index (κ3) is 3.81. The smallest absolute Gasteiger partial charge is 0.263 e. The van der Waals surface area contributed by atoms with Crippen LogP contribution in [0.1, 0.15) is 38.3 Å². The van der Waals surface area contributed by atoms with E-state index in [-0.39, 0.29) is 40.8 Å². The zero-order chi connectivity index (χ0) is 22.1. The summed E-state index contributed by atoms with van der Waals surface area (Å²) in [6.45, 7) is 1.67. The molecule has 1 aromatic heterocycles. The third-order valence-electron chi connectivity index (χ3n) is 5.85. The number of hydrogen-bond donors (Lipinski definition) is 1. The molecule has 2 aliphatic rings. The van der Waals surface area contributed by atoms with E-state index in [9.17, 15) is 19.5 Å². The number of hydrogen-bond acceptors (Lipinski definition) is 5. The van der Waals surface area contributed by atoms with Crippen molar-refractivity contribution in [3.8, 4) is 11.5 Å². The van der Waals surface area contributed by atoms with Crippen LogP contribution in [-0.2, 0) is 20.0 Å². The number of fused-ring (bicyclic) bond motifs is 1. The molecule has 1 aromatic carbocycles. The Labute approximate surface area is 180 Å². The highest BCUT2D eigenvalue weighted by atomic mass is 16.5. The highest BCUT2D eigenvalue weighted by Gasteiger charge is 2.30. The Morgan fingerprint density at radius 2 is 1.90 bits per heavy atom. The van der Waals surface area contributed by atoms with E-state index in [1.807, 2.05) is 12.2 Å². The van der Waals surface area contributed by atoms with Gasteiger partial charge in [0.1, 0.15) is 17.1 Å². The van der Waals surface area contributed by atoms with Crippen LogP contribution in [0.25, 0.3) is 0 Å². The lowest BCUT2D eigenvalue weighted by Gasteiger charge is -2.31. The lowest BCUT2D eigenvalue weighted by molar-refractivity contribution is 0.0729. The number of nitrogens with zero attached hydrogens (tertiary/aromatic N) is 3. The number of aromatic nitrogens is 1. The lowest BCUT2D eigenvalue weighted by Crippen LogP contribution is -2.42. The zero-order valence-corrected chi connectivity index (χ0v) is 17.6. The molecular formula is C23H25N3O5. The van der Waals surface area contributed by atoms with Crippen LogP contribution in [0, 0.1) is 0 Å². The molecule has 0 atom stereocenters. The van der Waals surface area contributed by atoms with Gasteiger partial charge in [-0.3, -0.25) is 14.4 Å². The van der Waals surface area contributed by atoms with Crippen molar-refractivity contribution in [2.24, 2.45) is 7.05 Å². The van der Waals surface area contributed by atoms with Crippen molar-refractivity contribution < 1.29 is 19.4 Å². The van der Waals surface area contributed by atoms with Gasteiger partial charge in [-0.25, -0.2) is 0 Å². The highest BCUT2D eigenvalue weighted by Crippen LogP contribution is 2.28. The molecule has 2 amide bonds. The second-order valence-corrected chi connectivity index (χ2v) is 7.79. The van der Waals surface area contributed by atoms with Gasteiger partial charge in [-0.1, -0.05) is 12.2 Å². The molecule has 31 heavy (non-hydrogen) atoms. The Balaban J connectivity index is 1.66. The molecule has 1 N–H and O–H groups in total. The number of aromatic hydroxyl groups is 1. The minimum atomic E-state index is -0.329. The van der Waals surface area contributed by atoms with Crippen LogP contribution in [0.15, 0.2) is 41.3 Å². The van der Waals surface area contributed by atoms with Gasteiger partial charge in [-0.2, -0.15) is 0 Å². The first-order valence-electron chi connectivity index (χ1n) is 10.2. The molecule has 8 heteroatoms. The Morgan fingerprint density at radius 3 is 2.61 bits per heavy atom. The average Bonchev–Trinajstić information content (AvgIpc) is 2.79. The van der Waals surface area contributed by atoms with E-state index in [4.69, 9.17) is 4.74 Å². The third-order valence-corrected chi connectivity index (χ3v) is 5.85. The van der Waals surface area contributed by atoms with Crippen molar-refractivity contribution in [3.63, 3.8) is 0 Å². The fourth-order valence-electron chi connectivity index (χ4n) is 4.15. The summed E-state index contributed by atoms with van der Waals surface area (Å²) in [5, 5.41) is 10.2. The molecule has 0 bridgehead atoms. The Bertz CT molecular complexity index is 1130. The second kappa shape index (κ2) is 8.29. The Hall–Kier alpha value is -3.55. The molecule has 0 radical (unpaired) electrons. The molecule has 0 unspecified atom stereocenters. The summed E-state index contributed by atoms with van der Waals surface area (Å²) in [7, 11) is 3.11. The number of methoxy groups -OCH3 is 1. The number of phenols is 1. The molecule has 0 fully saturated rings. The van der Waals surface area contributed by atoms with Gasteiger partial charge in [0.05, 0.1) is 12.7 Å². The zero-order valence-electron chi connectivity index (χ0n) is 17.6.